The molecule has 4 nitrogen and oxygen atoms in total. The molecule has 0 amide bonds. The van der Waals surface area contributed by atoms with Gasteiger partial charge in [-0.3, -0.25) is 0 Å². The van der Waals surface area contributed by atoms with E-state index in [0.717, 1.165) is 49.7 Å². The Labute approximate surface area is 146 Å². The maximum Gasteiger partial charge on any atom is 0.343 e. The van der Waals surface area contributed by atoms with Crippen molar-refractivity contribution in [3.8, 4) is 0 Å². The lowest BCUT2D eigenvalue weighted by Gasteiger charge is -2.33. The van der Waals surface area contributed by atoms with Crippen LogP contribution in [-0.2, 0) is 15.1 Å². The SMILES string of the molecule is C[N+]1(C)CCC(OC(=O)C(O)(c2ccccc2)C2CCCC2)C1.[CH3-]. The van der Waals surface area contributed by atoms with Gasteiger partial charge in [0.05, 0.1) is 20.6 Å². The number of likely N-dealkylation sites (tertiary alicyclic amines) is 1. The second kappa shape index (κ2) is 7.24. The average molecular weight is 333 g/mol. The summed E-state index contributed by atoms with van der Waals surface area (Å²) in [7, 11) is 4.29. The van der Waals surface area contributed by atoms with Crippen LogP contribution in [0.3, 0.4) is 0 Å². The number of quaternary nitrogens is 1. The highest BCUT2D eigenvalue weighted by molar-refractivity contribution is 5.81. The van der Waals surface area contributed by atoms with Crippen molar-refractivity contribution in [2.24, 2.45) is 5.92 Å². The van der Waals surface area contributed by atoms with Crippen molar-refractivity contribution in [1.29, 1.82) is 0 Å². The minimum Gasteiger partial charge on any atom is -0.454 e. The van der Waals surface area contributed by atoms with Crippen molar-refractivity contribution in [1.82, 2.24) is 0 Å². The molecule has 1 N–H and O–H groups in total. The van der Waals surface area contributed by atoms with Gasteiger partial charge in [0.15, 0.2) is 11.7 Å². The molecule has 1 heterocycles. The van der Waals surface area contributed by atoms with Gasteiger partial charge in [0.2, 0.25) is 0 Å². The standard InChI is InChI=1S/C19H28NO3.CH3/c1-20(2)13-12-17(14-20)23-18(21)19(22,16-10-6-7-11-16)15-8-4-3-5-9-15;/h3-5,8-9,16-17,22H,6-7,10-14H2,1-2H3;1H3/q+1;-1. The molecule has 0 radical (unpaired) electrons. The Morgan fingerprint density at radius 3 is 2.33 bits per heavy atom. The van der Waals surface area contributed by atoms with Crippen LogP contribution in [0.5, 0.6) is 0 Å². The van der Waals surface area contributed by atoms with Gasteiger partial charge in [-0.2, -0.15) is 0 Å². The molecule has 1 saturated carbocycles. The van der Waals surface area contributed by atoms with Crippen LogP contribution < -0.4 is 0 Å². The van der Waals surface area contributed by atoms with Gasteiger partial charge in [-0.1, -0.05) is 43.2 Å². The third-order valence-electron chi connectivity index (χ3n) is 5.50. The van der Waals surface area contributed by atoms with Gasteiger partial charge >= 0.3 is 5.97 Å². The molecule has 2 fully saturated rings. The van der Waals surface area contributed by atoms with Crippen molar-refractivity contribution >= 4 is 5.97 Å². The molecule has 0 spiro atoms. The molecule has 3 rings (SSSR count). The molecular weight excluding hydrogens is 302 g/mol. The Morgan fingerprint density at radius 2 is 1.79 bits per heavy atom. The summed E-state index contributed by atoms with van der Waals surface area (Å²) in [6.07, 6.45) is 4.68. The van der Waals surface area contributed by atoms with Crippen LogP contribution >= 0.6 is 0 Å². The zero-order valence-electron chi connectivity index (χ0n) is 15.2. The molecule has 4 heteroatoms. The minimum atomic E-state index is -1.50. The Balaban J connectivity index is 0.00000208. The summed E-state index contributed by atoms with van der Waals surface area (Å²) in [4.78, 5) is 12.9. The smallest absolute Gasteiger partial charge is 0.343 e. The first kappa shape index (κ1) is 18.9. The molecule has 2 aliphatic rings. The van der Waals surface area contributed by atoms with E-state index in [1.165, 1.54) is 0 Å². The van der Waals surface area contributed by atoms with E-state index in [0.29, 0.717) is 5.56 Å². The van der Waals surface area contributed by atoms with Gasteiger partial charge in [-0.15, -0.1) is 0 Å². The normalized spacial score (nSPS) is 25.7. The first-order valence-corrected chi connectivity index (χ1v) is 8.73. The minimum absolute atomic E-state index is 0. The lowest BCUT2D eigenvalue weighted by molar-refractivity contribution is -0.879. The van der Waals surface area contributed by atoms with Crippen LogP contribution in [0.2, 0.25) is 0 Å². The van der Waals surface area contributed by atoms with E-state index in [9.17, 15) is 9.90 Å². The van der Waals surface area contributed by atoms with Crippen molar-refractivity contribution in [3.05, 3.63) is 43.3 Å². The lowest BCUT2D eigenvalue weighted by atomic mass is 9.80. The number of esters is 1. The van der Waals surface area contributed by atoms with Gasteiger partial charge in [0.1, 0.15) is 6.54 Å². The second-order valence-electron chi connectivity index (χ2n) is 7.77. The highest BCUT2D eigenvalue weighted by atomic mass is 16.6. The zero-order valence-corrected chi connectivity index (χ0v) is 15.2. The average Bonchev–Trinajstić information content (AvgIpc) is 3.17. The van der Waals surface area contributed by atoms with Gasteiger partial charge in [0.25, 0.3) is 0 Å². The quantitative estimate of drug-likeness (QED) is 0.523. The predicted molar refractivity (Wildman–Crippen MR) is 95.1 cm³/mol. The lowest BCUT2D eigenvalue weighted by Crippen LogP contribution is -2.46. The fourth-order valence-electron chi connectivity index (χ4n) is 4.12. The largest absolute Gasteiger partial charge is 0.454 e. The fraction of sp³-hybridized carbons (Fsp3) is 0.600. The van der Waals surface area contributed by atoms with E-state index in [-0.39, 0.29) is 19.4 Å². The van der Waals surface area contributed by atoms with Gasteiger partial charge in [-0.25, -0.2) is 4.79 Å². The molecule has 1 aliphatic heterocycles. The summed E-state index contributed by atoms with van der Waals surface area (Å²) in [5.74, 6) is -0.496. The van der Waals surface area contributed by atoms with E-state index in [4.69, 9.17) is 4.74 Å². The summed E-state index contributed by atoms with van der Waals surface area (Å²) in [5.41, 5.74) is -0.832. The maximum atomic E-state index is 12.9. The molecule has 0 aromatic heterocycles. The number of benzene rings is 1. The number of hydrogen-bond acceptors (Lipinski definition) is 3. The van der Waals surface area contributed by atoms with Crippen molar-refractivity contribution in [2.75, 3.05) is 27.2 Å². The van der Waals surface area contributed by atoms with E-state index < -0.39 is 11.6 Å². The van der Waals surface area contributed by atoms with E-state index in [1.807, 2.05) is 30.3 Å². The van der Waals surface area contributed by atoms with E-state index in [1.54, 1.807) is 0 Å². The molecule has 0 bridgehead atoms. The zero-order chi connectivity index (χ0) is 16.5. The number of carbonyl (C=O) groups excluding carboxylic acids is 1. The van der Waals surface area contributed by atoms with E-state index in [2.05, 4.69) is 14.1 Å². The van der Waals surface area contributed by atoms with E-state index >= 15 is 0 Å². The summed E-state index contributed by atoms with van der Waals surface area (Å²) in [6.45, 7) is 1.83. The van der Waals surface area contributed by atoms with Crippen molar-refractivity contribution in [2.45, 2.75) is 43.8 Å². The molecule has 134 valence electrons. The Hall–Kier alpha value is -1.39. The molecular formula is C20H31NO3. The maximum absolute atomic E-state index is 12.9. The van der Waals surface area contributed by atoms with Crippen LogP contribution in [0, 0.1) is 13.3 Å². The molecule has 1 aromatic carbocycles. The van der Waals surface area contributed by atoms with Gasteiger partial charge in [-0.05, 0) is 18.4 Å². The molecule has 2 unspecified atom stereocenters. The number of ether oxygens (including phenoxy) is 1. The van der Waals surface area contributed by atoms with Crippen LogP contribution in [0.1, 0.15) is 37.7 Å². The second-order valence-corrected chi connectivity index (χ2v) is 7.77. The van der Waals surface area contributed by atoms with Crippen molar-refractivity contribution in [3.63, 3.8) is 0 Å². The number of nitrogens with zero attached hydrogens (tertiary/aromatic N) is 1. The third-order valence-corrected chi connectivity index (χ3v) is 5.50. The Bertz CT molecular complexity index is 551. The molecule has 2 atom stereocenters. The number of carbonyl (C=O) groups is 1. The predicted octanol–water partition coefficient (Wildman–Crippen LogP) is 2.91. The molecule has 1 aromatic rings. The number of hydrogen-bond donors (Lipinski definition) is 1. The number of likely N-dealkylation sites (N-methyl/N-ethyl adjacent to an activating group) is 1. The summed E-state index contributed by atoms with van der Waals surface area (Å²) < 4.78 is 6.64. The molecule has 1 saturated heterocycles. The number of aliphatic hydroxyl groups is 1. The highest BCUT2D eigenvalue weighted by Crippen LogP contribution is 2.42. The molecule has 24 heavy (non-hydrogen) atoms. The topological polar surface area (TPSA) is 46.5 Å². The summed E-state index contributed by atoms with van der Waals surface area (Å²) in [6, 6.07) is 9.33. The van der Waals surface area contributed by atoms with Gasteiger partial charge < -0.3 is 21.8 Å². The van der Waals surface area contributed by atoms with Crippen LogP contribution in [0.15, 0.2) is 30.3 Å². The Morgan fingerprint density at radius 1 is 1.17 bits per heavy atom. The van der Waals surface area contributed by atoms with Crippen LogP contribution in [0.25, 0.3) is 0 Å². The number of rotatable bonds is 4. The van der Waals surface area contributed by atoms with Gasteiger partial charge in [0, 0.05) is 12.3 Å². The molecule has 1 aliphatic carbocycles. The van der Waals surface area contributed by atoms with Crippen LogP contribution in [0.4, 0.5) is 0 Å². The van der Waals surface area contributed by atoms with Crippen LogP contribution in [-0.4, -0.2) is 48.8 Å². The summed E-state index contributed by atoms with van der Waals surface area (Å²) >= 11 is 0. The first-order valence-electron chi connectivity index (χ1n) is 8.73. The highest BCUT2D eigenvalue weighted by Gasteiger charge is 2.49. The third kappa shape index (κ3) is 3.65. The fourth-order valence-corrected chi connectivity index (χ4v) is 4.12. The monoisotopic (exact) mass is 333 g/mol. The Kier molecular flexibility index (Phi) is 5.71. The summed E-state index contributed by atoms with van der Waals surface area (Å²) in [5, 5.41) is 11.4. The van der Waals surface area contributed by atoms with Crippen molar-refractivity contribution < 1.29 is 19.1 Å². The first-order chi connectivity index (χ1) is 10.9.